The fourth-order valence-corrected chi connectivity index (χ4v) is 2.67. The molecule has 2 amide bonds. The third-order valence-corrected chi connectivity index (χ3v) is 4.00. The van der Waals surface area contributed by atoms with Gasteiger partial charge in [-0.25, -0.2) is 0 Å². The average Bonchev–Trinajstić information content (AvgIpc) is 2.79. The molecule has 0 aromatic heterocycles. The largest absolute Gasteiger partial charge is 0.349 e. The number of likely N-dealkylation sites (tertiary alicyclic amines) is 1. The maximum Gasteiger partial charge on any atom is 0.241 e. The molecule has 1 heterocycles. The van der Waals surface area contributed by atoms with Crippen molar-refractivity contribution in [1.29, 1.82) is 0 Å². The summed E-state index contributed by atoms with van der Waals surface area (Å²) in [6, 6.07) is 6.71. The second-order valence-electron chi connectivity index (χ2n) is 6.97. The highest BCUT2D eigenvalue weighted by Gasteiger charge is 2.37. The van der Waals surface area contributed by atoms with E-state index in [0.717, 1.165) is 11.1 Å². The van der Waals surface area contributed by atoms with Crippen molar-refractivity contribution in [2.45, 2.75) is 51.7 Å². The molecule has 1 aliphatic rings. The zero-order chi connectivity index (χ0) is 16.5. The number of rotatable bonds is 3. The van der Waals surface area contributed by atoms with Crippen molar-refractivity contribution in [1.82, 2.24) is 10.2 Å². The first kappa shape index (κ1) is 19.5. The lowest BCUT2D eigenvalue weighted by atomic mass is 10.0. The van der Waals surface area contributed by atoms with Gasteiger partial charge in [0.25, 0.3) is 0 Å². The maximum atomic E-state index is 12.3. The first-order chi connectivity index (χ1) is 10.2. The van der Waals surface area contributed by atoms with Gasteiger partial charge in [-0.2, -0.15) is 0 Å². The summed E-state index contributed by atoms with van der Waals surface area (Å²) in [6.45, 7) is 8.50. The van der Waals surface area contributed by atoms with Gasteiger partial charge in [-0.15, -0.1) is 12.4 Å². The summed E-state index contributed by atoms with van der Waals surface area (Å²) in [6.07, 6.45) is 0.337. The molecular formula is C17H26ClN3O2. The molecule has 0 saturated carbocycles. The minimum atomic E-state index is -0.709. The number of amides is 2. The predicted molar refractivity (Wildman–Crippen MR) is 93.4 cm³/mol. The van der Waals surface area contributed by atoms with Crippen molar-refractivity contribution in [2.24, 2.45) is 5.73 Å². The third-order valence-electron chi connectivity index (χ3n) is 4.00. The number of aryl methyl sites for hydroxylation is 1. The summed E-state index contributed by atoms with van der Waals surface area (Å²) in [5.74, 6) is -0.167. The number of hydrogen-bond donors (Lipinski definition) is 2. The van der Waals surface area contributed by atoms with Gasteiger partial charge in [0, 0.05) is 18.5 Å². The Kier molecular flexibility index (Phi) is 6.19. The number of hydrogen-bond acceptors (Lipinski definition) is 3. The van der Waals surface area contributed by atoms with Gasteiger partial charge in [-0.3, -0.25) is 9.59 Å². The van der Waals surface area contributed by atoms with Crippen LogP contribution in [0.2, 0.25) is 0 Å². The Morgan fingerprint density at radius 1 is 1.30 bits per heavy atom. The van der Waals surface area contributed by atoms with Crippen molar-refractivity contribution < 1.29 is 9.59 Å². The lowest BCUT2D eigenvalue weighted by Gasteiger charge is -2.32. The van der Waals surface area contributed by atoms with Crippen LogP contribution in [0.1, 0.15) is 44.4 Å². The Bertz CT molecular complexity index is 566. The number of carbonyl (C=O) groups excluding carboxylic acids is 2. The number of nitrogens with zero attached hydrogens (tertiary/aromatic N) is 1. The molecule has 2 atom stereocenters. The molecule has 1 aromatic rings. The lowest BCUT2D eigenvalue weighted by molar-refractivity contribution is -0.131. The maximum absolute atomic E-state index is 12.3. The molecule has 0 spiro atoms. The number of benzene rings is 1. The van der Waals surface area contributed by atoms with Gasteiger partial charge in [0.1, 0.15) is 6.04 Å². The first-order valence-corrected chi connectivity index (χ1v) is 7.61. The van der Waals surface area contributed by atoms with Crippen LogP contribution in [-0.4, -0.2) is 34.8 Å². The van der Waals surface area contributed by atoms with E-state index >= 15 is 0 Å². The Morgan fingerprint density at radius 3 is 2.35 bits per heavy atom. The highest BCUT2D eigenvalue weighted by molar-refractivity contribution is 5.86. The summed E-state index contributed by atoms with van der Waals surface area (Å²) in [5, 5.41) is 2.90. The van der Waals surface area contributed by atoms with Crippen LogP contribution < -0.4 is 11.1 Å². The topological polar surface area (TPSA) is 75.4 Å². The molecule has 5 nitrogen and oxygen atoms in total. The molecule has 1 fully saturated rings. The fourth-order valence-electron chi connectivity index (χ4n) is 2.67. The van der Waals surface area contributed by atoms with Crippen LogP contribution in [0.25, 0.3) is 0 Å². The van der Waals surface area contributed by atoms with Crippen LogP contribution in [0.4, 0.5) is 0 Å². The second kappa shape index (κ2) is 7.32. The monoisotopic (exact) mass is 339 g/mol. The molecule has 1 aromatic carbocycles. The number of nitrogens with two attached hydrogens (primary N) is 1. The van der Waals surface area contributed by atoms with Crippen molar-refractivity contribution in [3.05, 3.63) is 35.4 Å². The highest BCUT2D eigenvalue weighted by atomic mass is 35.5. The lowest BCUT2D eigenvalue weighted by Crippen LogP contribution is -2.46. The third kappa shape index (κ3) is 4.69. The van der Waals surface area contributed by atoms with Gasteiger partial charge in [0.15, 0.2) is 0 Å². The smallest absolute Gasteiger partial charge is 0.241 e. The van der Waals surface area contributed by atoms with Crippen LogP contribution in [0.5, 0.6) is 0 Å². The minimum absolute atomic E-state index is 0. The molecule has 2 unspecified atom stereocenters. The summed E-state index contributed by atoms with van der Waals surface area (Å²) in [5.41, 5.74) is 7.69. The molecule has 6 heteroatoms. The van der Waals surface area contributed by atoms with Crippen molar-refractivity contribution in [2.75, 3.05) is 6.54 Å². The van der Waals surface area contributed by atoms with E-state index in [9.17, 15) is 9.59 Å². The van der Waals surface area contributed by atoms with E-state index in [1.807, 2.05) is 52.0 Å². The number of nitrogens with one attached hydrogen (secondary N) is 1. The molecule has 1 saturated heterocycles. The predicted octanol–water partition coefficient (Wildman–Crippen LogP) is 1.93. The fraction of sp³-hybridized carbons (Fsp3) is 0.529. The van der Waals surface area contributed by atoms with E-state index in [4.69, 9.17) is 5.73 Å². The van der Waals surface area contributed by atoms with E-state index in [-0.39, 0.29) is 35.8 Å². The SMILES string of the molecule is Cc1ccc(C(N)C(=O)NC2CC(=O)N(C(C)(C)C)C2)cc1.Cl. The molecule has 23 heavy (non-hydrogen) atoms. The van der Waals surface area contributed by atoms with Gasteiger partial charge in [-0.05, 0) is 33.3 Å². The molecule has 0 bridgehead atoms. The van der Waals surface area contributed by atoms with Crippen molar-refractivity contribution in [3.8, 4) is 0 Å². The van der Waals surface area contributed by atoms with Gasteiger partial charge in [0.05, 0.1) is 6.04 Å². The van der Waals surface area contributed by atoms with E-state index in [1.165, 1.54) is 0 Å². The summed E-state index contributed by atoms with van der Waals surface area (Å²) >= 11 is 0. The van der Waals surface area contributed by atoms with Crippen LogP contribution in [0.15, 0.2) is 24.3 Å². The van der Waals surface area contributed by atoms with Crippen LogP contribution in [0, 0.1) is 6.92 Å². The average molecular weight is 340 g/mol. The molecule has 1 aliphatic heterocycles. The molecular weight excluding hydrogens is 314 g/mol. The molecule has 2 rings (SSSR count). The standard InChI is InChI=1S/C17H25N3O2.ClH/c1-11-5-7-12(8-6-11)15(18)16(22)19-13-9-14(21)20(10-13)17(2,3)4;/h5-8,13,15H,9-10,18H2,1-4H3,(H,19,22);1H. The summed E-state index contributed by atoms with van der Waals surface area (Å²) in [4.78, 5) is 26.1. The Labute approximate surface area is 144 Å². The van der Waals surface area contributed by atoms with E-state index in [2.05, 4.69) is 5.32 Å². The molecule has 128 valence electrons. The normalized spacial score (nSPS) is 19.3. The molecule has 0 aliphatic carbocycles. The van der Waals surface area contributed by atoms with Crippen LogP contribution in [-0.2, 0) is 9.59 Å². The van der Waals surface area contributed by atoms with Crippen molar-refractivity contribution >= 4 is 24.2 Å². The molecule has 0 radical (unpaired) electrons. The van der Waals surface area contributed by atoms with Gasteiger partial charge >= 0.3 is 0 Å². The Morgan fingerprint density at radius 2 is 1.87 bits per heavy atom. The van der Waals surface area contributed by atoms with E-state index in [1.54, 1.807) is 4.90 Å². The zero-order valence-electron chi connectivity index (χ0n) is 14.1. The number of carbonyl (C=O) groups is 2. The quantitative estimate of drug-likeness (QED) is 0.883. The number of halogens is 1. The van der Waals surface area contributed by atoms with Gasteiger partial charge in [0.2, 0.25) is 11.8 Å². The molecule has 3 N–H and O–H groups in total. The minimum Gasteiger partial charge on any atom is -0.349 e. The first-order valence-electron chi connectivity index (χ1n) is 7.61. The Balaban J connectivity index is 0.00000264. The highest BCUT2D eigenvalue weighted by Crippen LogP contribution is 2.22. The van der Waals surface area contributed by atoms with E-state index in [0.29, 0.717) is 13.0 Å². The second-order valence-corrected chi connectivity index (χ2v) is 6.97. The van der Waals surface area contributed by atoms with E-state index < -0.39 is 6.04 Å². The summed E-state index contributed by atoms with van der Waals surface area (Å²) in [7, 11) is 0. The van der Waals surface area contributed by atoms with Crippen LogP contribution >= 0.6 is 12.4 Å². The van der Waals surface area contributed by atoms with Gasteiger partial charge < -0.3 is 16.0 Å². The van der Waals surface area contributed by atoms with Crippen molar-refractivity contribution in [3.63, 3.8) is 0 Å². The summed E-state index contributed by atoms with van der Waals surface area (Å²) < 4.78 is 0. The zero-order valence-corrected chi connectivity index (χ0v) is 14.9. The Hall–Kier alpha value is -1.59. The van der Waals surface area contributed by atoms with Gasteiger partial charge in [-0.1, -0.05) is 29.8 Å². The van der Waals surface area contributed by atoms with Crippen LogP contribution in [0.3, 0.4) is 0 Å².